The zero-order valence-corrected chi connectivity index (χ0v) is 13.8. The molecule has 3 rings (SSSR count). The number of hydrogen-bond acceptors (Lipinski definition) is 0. The minimum absolute atomic E-state index is 1.21. The Labute approximate surface area is 133 Å². The fourth-order valence-electron chi connectivity index (χ4n) is 3.44. The minimum Gasteiger partial charge on any atom is -0.0988 e. The molecule has 2 aromatic rings. The molecule has 0 aromatic heterocycles. The Balaban J connectivity index is 2.46. The molecular formula is C22H22. The van der Waals surface area contributed by atoms with E-state index in [4.69, 9.17) is 0 Å². The molecule has 0 heteroatoms. The van der Waals surface area contributed by atoms with Gasteiger partial charge in [-0.15, -0.1) is 0 Å². The smallest absolute Gasteiger partial charge is 0.00297 e. The molecule has 0 bridgehead atoms. The molecule has 0 atom stereocenters. The molecule has 0 fully saturated rings. The Morgan fingerprint density at radius 1 is 1.18 bits per heavy atom. The van der Waals surface area contributed by atoms with Crippen molar-refractivity contribution >= 4 is 28.0 Å². The van der Waals surface area contributed by atoms with Crippen LogP contribution in [0.2, 0.25) is 0 Å². The van der Waals surface area contributed by atoms with Crippen molar-refractivity contribution in [2.24, 2.45) is 0 Å². The molecule has 0 N–H and O–H groups in total. The molecule has 0 saturated heterocycles. The third kappa shape index (κ3) is 2.07. The Hall–Kier alpha value is -2.34. The second-order valence-electron chi connectivity index (χ2n) is 6.01. The third-order valence-corrected chi connectivity index (χ3v) is 4.52. The number of allylic oxidation sites excluding steroid dienone is 6. The highest BCUT2D eigenvalue weighted by molar-refractivity contribution is 6.13. The van der Waals surface area contributed by atoms with E-state index in [0.29, 0.717) is 0 Å². The molecule has 1 aliphatic rings. The van der Waals surface area contributed by atoms with Gasteiger partial charge >= 0.3 is 0 Å². The van der Waals surface area contributed by atoms with Crippen molar-refractivity contribution in [2.45, 2.75) is 27.7 Å². The maximum absolute atomic E-state index is 3.96. The van der Waals surface area contributed by atoms with Gasteiger partial charge in [-0.05, 0) is 77.4 Å². The van der Waals surface area contributed by atoms with E-state index in [0.717, 1.165) is 0 Å². The van der Waals surface area contributed by atoms with Gasteiger partial charge in [0.2, 0.25) is 0 Å². The van der Waals surface area contributed by atoms with Crippen LogP contribution in [0.25, 0.3) is 28.0 Å². The Kier molecular flexibility index (Phi) is 3.62. The lowest BCUT2D eigenvalue weighted by atomic mass is 9.88. The number of rotatable bonds is 3. The molecule has 0 amide bonds. The van der Waals surface area contributed by atoms with Crippen LogP contribution in [0, 0.1) is 6.92 Å². The lowest BCUT2D eigenvalue weighted by Crippen LogP contribution is -1.94. The van der Waals surface area contributed by atoms with Crippen molar-refractivity contribution in [3.8, 4) is 0 Å². The van der Waals surface area contributed by atoms with Crippen molar-refractivity contribution in [2.75, 3.05) is 0 Å². The second-order valence-corrected chi connectivity index (χ2v) is 6.01. The summed E-state index contributed by atoms with van der Waals surface area (Å²) in [6, 6.07) is 8.95. The molecule has 2 aromatic carbocycles. The van der Waals surface area contributed by atoms with Crippen molar-refractivity contribution in [1.82, 2.24) is 0 Å². The average molecular weight is 286 g/mol. The zero-order valence-electron chi connectivity index (χ0n) is 13.8. The van der Waals surface area contributed by atoms with Gasteiger partial charge in [0.25, 0.3) is 0 Å². The highest BCUT2D eigenvalue weighted by atomic mass is 14.2. The normalized spacial score (nSPS) is 14.5. The van der Waals surface area contributed by atoms with Gasteiger partial charge in [-0.2, -0.15) is 0 Å². The fourth-order valence-corrected chi connectivity index (χ4v) is 3.44. The van der Waals surface area contributed by atoms with E-state index in [1.54, 1.807) is 0 Å². The van der Waals surface area contributed by atoms with Crippen LogP contribution < -0.4 is 0 Å². The summed E-state index contributed by atoms with van der Waals surface area (Å²) < 4.78 is 0. The summed E-state index contributed by atoms with van der Waals surface area (Å²) in [6.07, 6.45) is 8.54. The van der Waals surface area contributed by atoms with Crippen molar-refractivity contribution < 1.29 is 0 Å². The summed E-state index contributed by atoms with van der Waals surface area (Å²) in [5, 5.41) is 2.73. The molecule has 0 unspecified atom stereocenters. The number of aryl methyl sites for hydroxylation is 1. The summed E-state index contributed by atoms with van der Waals surface area (Å²) in [5.41, 5.74) is 9.21. The summed E-state index contributed by atoms with van der Waals surface area (Å²) >= 11 is 0. The molecule has 0 radical (unpaired) electrons. The molecule has 0 aliphatic heterocycles. The van der Waals surface area contributed by atoms with Crippen LogP contribution in [-0.4, -0.2) is 0 Å². The summed E-state index contributed by atoms with van der Waals surface area (Å²) in [5.74, 6) is 0. The number of hydrogen-bond donors (Lipinski definition) is 0. The van der Waals surface area contributed by atoms with Gasteiger partial charge in [0.05, 0.1) is 0 Å². The van der Waals surface area contributed by atoms with Gasteiger partial charge in [0.1, 0.15) is 0 Å². The van der Waals surface area contributed by atoms with Crippen LogP contribution in [0.1, 0.15) is 43.0 Å². The van der Waals surface area contributed by atoms with E-state index in [-0.39, 0.29) is 0 Å². The molecule has 0 spiro atoms. The van der Waals surface area contributed by atoms with Crippen molar-refractivity contribution in [1.29, 1.82) is 0 Å². The monoisotopic (exact) mass is 286 g/mol. The fraction of sp³-hybridized carbons (Fsp3) is 0.182. The molecule has 1 aliphatic carbocycles. The second kappa shape index (κ2) is 5.46. The SMILES string of the molecule is C=C/C(C)=C(\C=C/C)c1c(C)cc2c3c(cccc13)C=C2C. The molecule has 22 heavy (non-hydrogen) atoms. The lowest BCUT2D eigenvalue weighted by molar-refractivity contribution is 1.42. The van der Waals surface area contributed by atoms with E-state index < -0.39 is 0 Å². The molecule has 0 nitrogen and oxygen atoms in total. The maximum Gasteiger partial charge on any atom is -0.00297 e. The lowest BCUT2D eigenvalue weighted by Gasteiger charge is -2.16. The number of benzene rings is 2. The van der Waals surface area contributed by atoms with Crippen molar-refractivity contribution in [3.63, 3.8) is 0 Å². The molecule has 110 valence electrons. The topological polar surface area (TPSA) is 0 Å². The van der Waals surface area contributed by atoms with Crippen molar-refractivity contribution in [3.05, 3.63) is 76.9 Å². The van der Waals surface area contributed by atoms with Crippen LogP contribution in [0.15, 0.2) is 54.6 Å². The highest BCUT2D eigenvalue weighted by Crippen LogP contribution is 2.41. The van der Waals surface area contributed by atoms with Crippen LogP contribution in [0.5, 0.6) is 0 Å². The maximum atomic E-state index is 3.96. The Morgan fingerprint density at radius 3 is 2.64 bits per heavy atom. The van der Waals surface area contributed by atoms with Crippen LogP contribution in [0.3, 0.4) is 0 Å². The van der Waals surface area contributed by atoms with Crippen LogP contribution in [-0.2, 0) is 0 Å². The average Bonchev–Trinajstić information content (AvgIpc) is 2.82. The molecule has 0 heterocycles. The summed E-state index contributed by atoms with van der Waals surface area (Å²) in [6.45, 7) is 12.6. The summed E-state index contributed by atoms with van der Waals surface area (Å²) in [7, 11) is 0. The first-order chi connectivity index (χ1) is 10.6. The molecular weight excluding hydrogens is 264 g/mol. The van der Waals surface area contributed by atoms with Crippen LogP contribution >= 0.6 is 0 Å². The van der Waals surface area contributed by atoms with Gasteiger partial charge in [0.15, 0.2) is 0 Å². The van der Waals surface area contributed by atoms with Crippen LogP contribution in [0.4, 0.5) is 0 Å². The first-order valence-corrected chi connectivity index (χ1v) is 7.79. The van der Waals surface area contributed by atoms with E-state index >= 15 is 0 Å². The highest BCUT2D eigenvalue weighted by Gasteiger charge is 2.19. The quantitative estimate of drug-likeness (QED) is 0.561. The van der Waals surface area contributed by atoms with Gasteiger partial charge in [-0.25, -0.2) is 0 Å². The van der Waals surface area contributed by atoms with E-state index in [2.05, 4.69) is 76.8 Å². The Morgan fingerprint density at radius 2 is 1.95 bits per heavy atom. The van der Waals surface area contributed by atoms with E-state index in [1.807, 2.05) is 6.08 Å². The standard InChI is InChI=1S/C22H22/c1-6-9-18(14(3)7-2)21-16(5)13-20-15(4)12-17-10-8-11-19(21)22(17)20/h6-13H,2H2,1,3-5H3/b9-6-,18-14+. The first kappa shape index (κ1) is 14.6. The van der Waals surface area contributed by atoms with E-state index in [9.17, 15) is 0 Å². The van der Waals surface area contributed by atoms with Gasteiger partial charge < -0.3 is 0 Å². The third-order valence-electron chi connectivity index (χ3n) is 4.52. The van der Waals surface area contributed by atoms with Gasteiger partial charge in [-0.3, -0.25) is 0 Å². The first-order valence-electron chi connectivity index (χ1n) is 7.79. The predicted octanol–water partition coefficient (Wildman–Crippen LogP) is 6.56. The predicted molar refractivity (Wildman–Crippen MR) is 99.8 cm³/mol. The zero-order chi connectivity index (χ0) is 15.9. The minimum atomic E-state index is 1.21. The molecule has 0 saturated carbocycles. The van der Waals surface area contributed by atoms with Gasteiger partial charge in [-0.1, -0.05) is 55.1 Å². The van der Waals surface area contributed by atoms with Gasteiger partial charge in [0, 0.05) is 0 Å². The summed E-state index contributed by atoms with van der Waals surface area (Å²) in [4.78, 5) is 0. The largest absolute Gasteiger partial charge is 0.0988 e. The Bertz CT molecular complexity index is 871. The van der Waals surface area contributed by atoms with E-state index in [1.165, 1.54) is 49.7 Å².